The van der Waals surface area contributed by atoms with E-state index in [-0.39, 0.29) is 11.3 Å². The van der Waals surface area contributed by atoms with Crippen molar-refractivity contribution < 1.29 is 9.53 Å². The van der Waals surface area contributed by atoms with Crippen LogP contribution in [0.4, 0.5) is 5.69 Å². The molecule has 0 spiro atoms. The molecule has 8 heteroatoms. The lowest BCUT2D eigenvalue weighted by molar-refractivity contribution is 0.0600. The van der Waals surface area contributed by atoms with Crippen molar-refractivity contribution in [2.75, 3.05) is 12.8 Å². The van der Waals surface area contributed by atoms with Crippen LogP contribution in [0.1, 0.15) is 10.4 Å². The molecule has 0 aliphatic carbocycles. The minimum absolute atomic E-state index is 0.0792. The zero-order valence-electron chi connectivity index (χ0n) is 14.6. The standard InChI is InChI=1S/C20H13BrClN3O3/c1-28-20(27)16-17(23)13-6-5-10(21)9-15(13)25(19(16)26)14-4-2-3-12-11(14)7-8-24-18(12)22/h2-9H,23H2,1H3. The van der Waals surface area contributed by atoms with Gasteiger partial charge in [-0.25, -0.2) is 9.78 Å². The number of carbonyl (C=O) groups is 1. The van der Waals surface area contributed by atoms with Crippen molar-refractivity contribution >= 4 is 60.9 Å². The SMILES string of the molecule is COC(=O)c1c(N)c2ccc(Br)cc2n(-c2cccc3c(Cl)nccc23)c1=O. The molecular weight excluding hydrogens is 446 g/mol. The molecule has 28 heavy (non-hydrogen) atoms. The number of hydrogen-bond acceptors (Lipinski definition) is 5. The van der Waals surface area contributed by atoms with Crippen molar-refractivity contribution in [1.82, 2.24) is 9.55 Å². The third-order valence-corrected chi connectivity index (χ3v) is 5.34. The number of pyridine rings is 2. The Labute approximate surface area is 172 Å². The molecule has 0 aliphatic rings. The lowest BCUT2D eigenvalue weighted by Gasteiger charge is -2.17. The van der Waals surface area contributed by atoms with Gasteiger partial charge in [-0.3, -0.25) is 9.36 Å². The fraction of sp³-hybridized carbons (Fsp3) is 0.0500. The Morgan fingerprint density at radius 3 is 2.71 bits per heavy atom. The van der Waals surface area contributed by atoms with Gasteiger partial charge in [0.25, 0.3) is 5.56 Å². The number of anilines is 1. The molecule has 0 bridgehead atoms. The number of hydrogen-bond donors (Lipinski definition) is 1. The van der Waals surface area contributed by atoms with Gasteiger partial charge in [-0.15, -0.1) is 0 Å². The largest absolute Gasteiger partial charge is 0.465 e. The number of aromatic nitrogens is 2. The first-order valence-corrected chi connectivity index (χ1v) is 9.36. The molecule has 0 saturated heterocycles. The van der Waals surface area contributed by atoms with Gasteiger partial charge in [0.2, 0.25) is 0 Å². The summed E-state index contributed by atoms with van der Waals surface area (Å²) in [6.45, 7) is 0. The van der Waals surface area contributed by atoms with Gasteiger partial charge in [-0.05, 0) is 30.3 Å². The van der Waals surface area contributed by atoms with Crippen LogP contribution in [-0.4, -0.2) is 22.6 Å². The summed E-state index contributed by atoms with van der Waals surface area (Å²) in [5, 5.41) is 2.28. The van der Waals surface area contributed by atoms with E-state index >= 15 is 0 Å². The fourth-order valence-electron chi connectivity index (χ4n) is 3.28. The maximum absolute atomic E-state index is 13.4. The Morgan fingerprint density at radius 2 is 1.96 bits per heavy atom. The summed E-state index contributed by atoms with van der Waals surface area (Å²) in [6.07, 6.45) is 1.57. The summed E-state index contributed by atoms with van der Waals surface area (Å²) in [4.78, 5) is 29.8. The predicted octanol–water partition coefficient (Wildman–Crippen LogP) is 4.32. The number of esters is 1. The highest BCUT2D eigenvalue weighted by atomic mass is 79.9. The van der Waals surface area contributed by atoms with Crippen LogP contribution in [0.2, 0.25) is 5.15 Å². The third-order valence-electron chi connectivity index (χ3n) is 4.54. The van der Waals surface area contributed by atoms with E-state index in [0.29, 0.717) is 32.5 Å². The van der Waals surface area contributed by atoms with Crippen LogP contribution in [0.25, 0.3) is 27.4 Å². The third kappa shape index (κ3) is 2.75. The second kappa shape index (κ2) is 6.92. The molecule has 6 nitrogen and oxygen atoms in total. The zero-order chi connectivity index (χ0) is 20.0. The Morgan fingerprint density at radius 1 is 1.18 bits per heavy atom. The first-order valence-electron chi connectivity index (χ1n) is 8.19. The molecule has 0 aliphatic heterocycles. The number of nitrogens with two attached hydrogens (primary N) is 1. The zero-order valence-corrected chi connectivity index (χ0v) is 16.9. The molecule has 0 unspecified atom stereocenters. The molecule has 4 aromatic rings. The molecule has 0 radical (unpaired) electrons. The van der Waals surface area contributed by atoms with Gasteiger partial charge in [0.05, 0.1) is 24.0 Å². The van der Waals surface area contributed by atoms with Gasteiger partial charge in [0.1, 0.15) is 10.7 Å². The van der Waals surface area contributed by atoms with E-state index in [4.69, 9.17) is 22.1 Å². The van der Waals surface area contributed by atoms with E-state index < -0.39 is 11.5 Å². The number of benzene rings is 2. The summed E-state index contributed by atoms with van der Waals surface area (Å²) in [7, 11) is 1.21. The monoisotopic (exact) mass is 457 g/mol. The first kappa shape index (κ1) is 18.5. The second-order valence-electron chi connectivity index (χ2n) is 6.06. The summed E-state index contributed by atoms with van der Waals surface area (Å²) >= 11 is 9.66. The highest BCUT2D eigenvalue weighted by molar-refractivity contribution is 9.10. The van der Waals surface area contributed by atoms with E-state index in [1.807, 2.05) is 6.07 Å². The molecule has 140 valence electrons. The lowest BCUT2D eigenvalue weighted by atomic mass is 10.1. The quantitative estimate of drug-likeness (QED) is 0.357. The van der Waals surface area contributed by atoms with E-state index in [9.17, 15) is 9.59 Å². The average molecular weight is 459 g/mol. The predicted molar refractivity (Wildman–Crippen MR) is 113 cm³/mol. The Balaban J connectivity index is 2.25. The second-order valence-corrected chi connectivity index (χ2v) is 7.33. The number of fused-ring (bicyclic) bond motifs is 2. The van der Waals surface area contributed by atoms with Crippen molar-refractivity contribution in [2.45, 2.75) is 0 Å². The van der Waals surface area contributed by atoms with Gasteiger partial charge in [-0.2, -0.15) is 0 Å². The molecule has 2 aromatic carbocycles. The Kier molecular flexibility index (Phi) is 4.56. The summed E-state index contributed by atoms with van der Waals surface area (Å²) in [5.74, 6) is -0.791. The molecule has 2 aromatic heterocycles. The van der Waals surface area contributed by atoms with Gasteiger partial charge in [-0.1, -0.05) is 39.7 Å². The number of halogens is 2. The molecule has 0 amide bonds. The van der Waals surface area contributed by atoms with Crippen LogP contribution in [-0.2, 0) is 4.74 Å². The molecule has 0 fully saturated rings. The number of carbonyl (C=O) groups excluding carboxylic acids is 1. The molecular formula is C20H13BrClN3O3. The minimum Gasteiger partial charge on any atom is -0.465 e. The van der Waals surface area contributed by atoms with Crippen LogP contribution < -0.4 is 11.3 Å². The Hall–Kier alpha value is -2.90. The van der Waals surface area contributed by atoms with Crippen LogP contribution in [0.5, 0.6) is 0 Å². The van der Waals surface area contributed by atoms with E-state index in [1.165, 1.54) is 11.7 Å². The molecule has 0 atom stereocenters. The van der Waals surface area contributed by atoms with Crippen molar-refractivity contribution in [2.24, 2.45) is 0 Å². The molecule has 2 heterocycles. The summed E-state index contributed by atoms with van der Waals surface area (Å²) < 4.78 is 7.00. The molecule has 4 rings (SSSR count). The lowest BCUT2D eigenvalue weighted by Crippen LogP contribution is -2.28. The summed E-state index contributed by atoms with van der Waals surface area (Å²) in [6, 6.07) is 12.4. The molecule has 0 saturated carbocycles. The van der Waals surface area contributed by atoms with Crippen molar-refractivity contribution in [3.63, 3.8) is 0 Å². The smallest absolute Gasteiger partial charge is 0.345 e. The number of nitrogens with zero attached hydrogens (tertiary/aromatic N) is 2. The van der Waals surface area contributed by atoms with Crippen LogP contribution in [0.15, 0.2) is 57.9 Å². The highest BCUT2D eigenvalue weighted by Crippen LogP contribution is 2.31. The van der Waals surface area contributed by atoms with Crippen LogP contribution in [0.3, 0.4) is 0 Å². The number of ether oxygens (including phenoxy) is 1. The van der Waals surface area contributed by atoms with Gasteiger partial charge >= 0.3 is 5.97 Å². The van der Waals surface area contributed by atoms with Gasteiger partial charge < -0.3 is 10.5 Å². The maximum Gasteiger partial charge on any atom is 0.345 e. The highest BCUT2D eigenvalue weighted by Gasteiger charge is 2.23. The van der Waals surface area contributed by atoms with E-state index in [0.717, 1.165) is 4.47 Å². The average Bonchev–Trinajstić information content (AvgIpc) is 2.68. The maximum atomic E-state index is 13.4. The van der Waals surface area contributed by atoms with Crippen LogP contribution >= 0.6 is 27.5 Å². The Bertz CT molecular complexity index is 1330. The number of methoxy groups -OCH3 is 1. The number of nitrogen functional groups attached to an aromatic ring is 1. The molecule has 2 N–H and O–H groups in total. The first-order chi connectivity index (χ1) is 13.4. The fourth-order valence-corrected chi connectivity index (χ4v) is 3.85. The topological polar surface area (TPSA) is 87.2 Å². The van der Waals surface area contributed by atoms with Crippen LogP contribution in [0, 0.1) is 0 Å². The minimum atomic E-state index is -0.791. The van der Waals surface area contributed by atoms with Gasteiger partial charge in [0, 0.05) is 26.8 Å². The van der Waals surface area contributed by atoms with Crippen molar-refractivity contribution in [1.29, 1.82) is 0 Å². The normalized spacial score (nSPS) is 11.1. The van der Waals surface area contributed by atoms with E-state index in [2.05, 4.69) is 20.9 Å². The van der Waals surface area contributed by atoms with Crippen molar-refractivity contribution in [3.8, 4) is 5.69 Å². The number of rotatable bonds is 2. The van der Waals surface area contributed by atoms with Crippen molar-refractivity contribution in [3.05, 3.63) is 74.2 Å². The van der Waals surface area contributed by atoms with Gasteiger partial charge in [0.15, 0.2) is 0 Å². The van der Waals surface area contributed by atoms with E-state index in [1.54, 1.807) is 42.6 Å². The summed E-state index contributed by atoms with van der Waals surface area (Å²) in [5.41, 5.74) is 6.56.